The standard InChI is InChI=1S/C12H14ClF2N/c13-8-3-4-9(11(14)15)10(7-8)12(16)5-1-2-6-12/h3-4,7,11H,1-2,5-6,16H2. The average Bonchev–Trinajstić information content (AvgIpc) is 2.66. The van der Waals surface area contributed by atoms with Crippen LogP contribution < -0.4 is 5.73 Å². The Hall–Kier alpha value is -0.670. The number of halogens is 3. The quantitative estimate of drug-likeness (QED) is 0.837. The third-order valence-electron chi connectivity index (χ3n) is 3.28. The Morgan fingerprint density at radius 1 is 1.25 bits per heavy atom. The van der Waals surface area contributed by atoms with Gasteiger partial charge in [-0.25, -0.2) is 8.78 Å². The fraction of sp³-hybridized carbons (Fsp3) is 0.500. The van der Waals surface area contributed by atoms with Crippen molar-refractivity contribution in [1.29, 1.82) is 0 Å². The predicted octanol–water partition coefficient (Wildman–Crippen LogP) is 4.01. The second-order valence-corrected chi connectivity index (χ2v) is 4.83. The molecular formula is C12H14ClF2N. The van der Waals surface area contributed by atoms with Gasteiger partial charge in [-0.2, -0.15) is 0 Å². The molecule has 0 heterocycles. The lowest BCUT2D eigenvalue weighted by atomic mass is 9.86. The maximum absolute atomic E-state index is 12.9. The SMILES string of the molecule is NC1(c2cc(Cl)ccc2C(F)F)CCCC1. The molecule has 0 aromatic heterocycles. The van der Waals surface area contributed by atoms with E-state index in [0.717, 1.165) is 25.7 Å². The molecule has 1 aromatic carbocycles. The normalized spacial score (nSPS) is 19.3. The number of hydrogen-bond donors (Lipinski definition) is 1. The lowest BCUT2D eigenvalue weighted by molar-refractivity contribution is 0.148. The Balaban J connectivity index is 2.48. The third kappa shape index (κ3) is 2.06. The van der Waals surface area contributed by atoms with E-state index in [4.69, 9.17) is 17.3 Å². The second kappa shape index (κ2) is 4.30. The molecule has 1 fully saturated rings. The van der Waals surface area contributed by atoms with Crippen LogP contribution in [0.2, 0.25) is 5.02 Å². The number of rotatable bonds is 2. The van der Waals surface area contributed by atoms with Crippen molar-refractivity contribution in [3.05, 3.63) is 34.3 Å². The summed E-state index contributed by atoms with van der Waals surface area (Å²) in [6.45, 7) is 0. The van der Waals surface area contributed by atoms with Crippen molar-refractivity contribution in [3.63, 3.8) is 0 Å². The van der Waals surface area contributed by atoms with Gasteiger partial charge < -0.3 is 5.73 Å². The molecule has 16 heavy (non-hydrogen) atoms. The van der Waals surface area contributed by atoms with E-state index in [1.165, 1.54) is 12.1 Å². The molecule has 0 aliphatic heterocycles. The molecule has 2 N–H and O–H groups in total. The molecule has 1 aliphatic carbocycles. The number of benzene rings is 1. The molecule has 1 saturated carbocycles. The molecule has 88 valence electrons. The van der Waals surface area contributed by atoms with E-state index < -0.39 is 12.0 Å². The maximum atomic E-state index is 12.9. The minimum Gasteiger partial charge on any atom is -0.321 e. The van der Waals surface area contributed by atoms with Crippen molar-refractivity contribution in [2.24, 2.45) is 5.73 Å². The molecule has 1 aromatic rings. The van der Waals surface area contributed by atoms with E-state index in [-0.39, 0.29) is 5.56 Å². The largest absolute Gasteiger partial charge is 0.321 e. The summed E-state index contributed by atoms with van der Waals surface area (Å²) in [5, 5.41) is 0.469. The molecule has 0 bridgehead atoms. The smallest absolute Gasteiger partial charge is 0.264 e. The molecule has 2 rings (SSSR count). The van der Waals surface area contributed by atoms with Crippen LogP contribution in [0.25, 0.3) is 0 Å². The molecule has 1 aliphatic rings. The topological polar surface area (TPSA) is 26.0 Å². The van der Waals surface area contributed by atoms with Gasteiger partial charge in [0.05, 0.1) is 0 Å². The first-order chi connectivity index (χ1) is 7.53. The molecule has 0 spiro atoms. The first kappa shape index (κ1) is 11.8. The number of hydrogen-bond acceptors (Lipinski definition) is 1. The van der Waals surface area contributed by atoms with Crippen LogP contribution in [0.1, 0.15) is 43.2 Å². The molecule has 0 radical (unpaired) electrons. The summed E-state index contributed by atoms with van der Waals surface area (Å²) in [7, 11) is 0. The molecule has 0 saturated heterocycles. The fourth-order valence-corrected chi connectivity index (χ4v) is 2.60. The minimum atomic E-state index is -2.49. The van der Waals surface area contributed by atoms with Gasteiger partial charge in [0.15, 0.2) is 0 Å². The van der Waals surface area contributed by atoms with Crippen LogP contribution in [0, 0.1) is 0 Å². The van der Waals surface area contributed by atoms with Crippen LogP contribution in [0.5, 0.6) is 0 Å². The highest BCUT2D eigenvalue weighted by Crippen LogP contribution is 2.41. The van der Waals surface area contributed by atoms with E-state index in [9.17, 15) is 8.78 Å². The first-order valence-electron chi connectivity index (χ1n) is 5.40. The van der Waals surface area contributed by atoms with Crippen molar-refractivity contribution in [2.75, 3.05) is 0 Å². The highest BCUT2D eigenvalue weighted by atomic mass is 35.5. The zero-order valence-electron chi connectivity index (χ0n) is 8.85. The highest BCUT2D eigenvalue weighted by molar-refractivity contribution is 6.30. The summed E-state index contributed by atoms with van der Waals surface area (Å²) in [6.07, 6.45) is 1.01. The van der Waals surface area contributed by atoms with Crippen molar-refractivity contribution in [2.45, 2.75) is 37.6 Å². The van der Waals surface area contributed by atoms with Gasteiger partial charge in [0.2, 0.25) is 0 Å². The van der Waals surface area contributed by atoms with E-state index in [1.54, 1.807) is 6.07 Å². The molecule has 0 unspecified atom stereocenters. The summed E-state index contributed by atoms with van der Waals surface area (Å²) in [4.78, 5) is 0. The fourth-order valence-electron chi connectivity index (χ4n) is 2.43. The molecule has 0 atom stereocenters. The van der Waals surface area contributed by atoms with Crippen molar-refractivity contribution < 1.29 is 8.78 Å². The Bertz CT molecular complexity index is 387. The lowest BCUT2D eigenvalue weighted by Crippen LogP contribution is -2.34. The van der Waals surface area contributed by atoms with Crippen LogP contribution >= 0.6 is 11.6 Å². The van der Waals surface area contributed by atoms with Gasteiger partial charge in [0, 0.05) is 16.1 Å². The van der Waals surface area contributed by atoms with Gasteiger partial charge in [-0.15, -0.1) is 0 Å². The summed E-state index contributed by atoms with van der Waals surface area (Å²) in [5.41, 5.74) is 6.12. The van der Waals surface area contributed by atoms with Crippen molar-refractivity contribution in [3.8, 4) is 0 Å². The Morgan fingerprint density at radius 2 is 1.88 bits per heavy atom. The zero-order valence-corrected chi connectivity index (χ0v) is 9.61. The second-order valence-electron chi connectivity index (χ2n) is 4.40. The van der Waals surface area contributed by atoms with E-state index in [0.29, 0.717) is 10.6 Å². The highest BCUT2D eigenvalue weighted by Gasteiger charge is 2.34. The average molecular weight is 246 g/mol. The molecule has 0 amide bonds. The van der Waals surface area contributed by atoms with Crippen LogP contribution in [0.4, 0.5) is 8.78 Å². The Morgan fingerprint density at radius 3 is 2.44 bits per heavy atom. The van der Waals surface area contributed by atoms with Crippen LogP contribution in [0.15, 0.2) is 18.2 Å². The monoisotopic (exact) mass is 245 g/mol. The summed E-state index contributed by atoms with van der Waals surface area (Å²) < 4.78 is 25.8. The van der Waals surface area contributed by atoms with Gasteiger partial charge in [0.25, 0.3) is 6.43 Å². The lowest BCUT2D eigenvalue weighted by Gasteiger charge is -2.27. The minimum absolute atomic E-state index is 0.0220. The Labute approximate surface area is 98.6 Å². The van der Waals surface area contributed by atoms with Crippen LogP contribution in [-0.4, -0.2) is 0 Å². The van der Waals surface area contributed by atoms with E-state index in [1.807, 2.05) is 0 Å². The van der Waals surface area contributed by atoms with Gasteiger partial charge in [-0.05, 0) is 30.5 Å². The van der Waals surface area contributed by atoms with Crippen LogP contribution in [-0.2, 0) is 5.54 Å². The third-order valence-corrected chi connectivity index (χ3v) is 3.52. The maximum Gasteiger partial charge on any atom is 0.264 e. The zero-order chi connectivity index (χ0) is 11.8. The Kier molecular flexibility index (Phi) is 3.17. The molecular weight excluding hydrogens is 232 g/mol. The van der Waals surface area contributed by atoms with Gasteiger partial charge in [0.1, 0.15) is 0 Å². The van der Waals surface area contributed by atoms with E-state index in [2.05, 4.69) is 0 Å². The number of alkyl halides is 2. The first-order valence-corrected chi connectivity index (χ1v) is 5.78. The van der Waals surface area contributed by atoms with E-state index >= 15 is 0 Å². The summed E-state index contributed by atoms with van der Waals surface area (Å²) in [6, 6.07) is 4.47. The number of nitrogens with two attached hydrogens (primary N) is 1. The summed E-state index contributed by atoms with van der Waals surface area (Å²) >= 11 is 5.86. The molecule has 4 heteroatoms. The van der Waals surface area contributed by atoms with Gasteiger partial charge in [-0.3, -0.25) is 0 Å². The van der Waals surface area contributed by atoms with Crippen molar-refractivity contribution in [1.82, 2.24) is 0 Å². The summed E-state index contributed by atoms with van der Waals surface area (Å²) in [5.74, 6) is 0. The predicted molar refractivity (Wildman–Crippen MR) is 60.7 cm³/mol. The van der Waals surface area contributed by atoms with Gasteiger partial charge >= 0.3 is 0 Å². The van der Waals surface area contributed by atoms with Crippen molar-refractivity contribution >= 4 is 11.6 Å². The van der Waals surface area contributed by atoms with Gasteiger partial charge in [-0.1, -0.05) is 30.5 Å². The molecule has 1 nitrogen and oxygen atoms in total. The van der Waals surface area contributed by atoms with Crippen LogP contribution in [0.3, 0.4) is 0 Å².